The van der Waals surface area contributed by atoms with Crippen molar-refractivity contribution in [2.75, 3.05) is 11.9 Å². The number of amides is 4. The first kappa shape index (κ1) is 30.5. The highest BCUT2D eigenvalue weighted by Crippen LogP contribution is 2.27. The summed E-state index contributed by atoms with van der Waals surface area (Å²) in [4.78, 5) is 56.7. The van der Waals surface area contributed by atoms with Gasteiger partial charge in [0.1, 0.15) is 12.1 Å². The van der Waals surface area contributed by atoms with Gasteiger partial charge in [-0.3, -0.25) is 19.2 Å². The van der Waals surface area contributed by atoms with Gasteiger partial charge in [-0.2, -0.15) is 0 Å². The van der Waals surface area contributed by atoms with E-state index in [1.807, 2.05) is 49.9 Å². The van der Waals surface area contributed by atoms with Crippen molar-refractivity contribution in [1.29, 1.82) is 0 Å². The van der Waals surface area contributed by atoms with Gasteiger partial charge in [-0.15, -0.1) is 0 Å². The minimum atomic E-state index is -0.891. The fourth-order valence-corrected chi connectivity index (χ4v) is 5.97. The molecule has 0 spiro atoms. The van der Waals surface area contributed by atoms with Crippen molar-refractivity contribution in [3.8, 4) is 0 Å². The second-order valence-electron chi connectivity index (χ2n) is 11.2. The van der Waals surface area contributed by atoms with Gasteiger partial charge in [0.25, 0.3) is 0 Å². The van der Waals surface area contributed by atoms with Crippen LogP contribution < -0.4 is 16.4 Å². The minimum Gasteiger partial charge on any atom is -0.342 e. The maximum absolute atomic E-state index is 13.7. The van der Waals surface area contributed by atoms with Crippen LogP contribution in [0.5, 0.6) is 0 Å². The molecule has 0 bridgehead atoms. The Morgan fingerprint density at radius 1 is 1.00 bits per heavy atom. The Hall–Kier alpha value is -3.43. The zero-order valence-corrected chi connectivity index (χ0v) is 24.7. The summed E-state index contributed by atoms with van der Waals surface area (Å²) < 4.78 is 0. The first-order chi connectivity index (χ1) is 19.6. The molecule has 10 heteroatoms. The van der Waals surface area contributed by atoms with Crippen molar-refractivity contribution < 1.29 is 19.2 Å². The fourth-order valence-electron chi connectivity index (χ4n) is 5.85. The average molecular weight is 582 g/mol. The Morgan fingerprint density at radius 3 is 2.32 bits per heavy atom. The summed E-state index contributed by atoms with van der Waals surface area (Å²) in [6, 6.07) is 11.5. The lowest BCUT2D eigenvalue weighted by Crippen LogP contribution is -2.56. The van der Waals surface area contributed by atoms with Gasteiger partial charge in [-0.1, -0.05) is 35.9 Å². The van der Waals surface area contributed by atoms with Crippen molar-refractivity contribution in [1.82, 2.24) is 15.1 Å². The maximum atomic E-state index is 13.7. The van der Waals surface area contributed by atoms with Crippen LogP contribution in [-0.2, 0) is 32.1 Å². The number of fused-ring (bicyclic) bond motifs is 1. The van der Waals surface area contributed by atoms with Gasteiger partial charge < -0.3 is 26.2 Å². The van der Waals surface area contributed by atoms with E-state index >= 15 is 0 Å². The Bertz CT molecular complexity index is 1290. The molecule has 2 aliphatic rings. The molecule has 2 aromatic carbocycles. The number of hydrogen-bond donors (Lipinski definition) is 3. The first-order valence-corrected chi connectivity index (χ1v) is 14.7. The number of nitrogens with two attached hydrogens (primary N) is 1. The van der Waals surface area contributed by atoms with Gasteiger partial charge >= 0.3 is 0 Å². The highest BCUT2D eigenvalue weighted by molar-refractivity contribution is 6.31. The molecule has 2 aromatic rings. The minimum absolute atomic E-state index is 0.0172. The number of likely N-dealkylation sites (tertiary alicyclic amines) is 1. The van der Waals surface area contributed by atoms with E-state index in [1.165, 1.54) is 0 Å². The molecule has 9 nitrogen and oxygen atoms in total. The normalized spacial score (nSPS) is 20.8. The van der Waals surface area contributed by atoms with E-state index in [2.05, 4.69) is 10.6 Å². The Labute approximate surface area is 246 Å². The van der Waals surface area contributed by atoms with Crippen molar-refractivity contribution in [2.24, 2.45) is 5.73 Å². The summed E-state index contributed by atoms with van der Waals surface area (Å²) in [5.41, 5.74) is 9.10. The topological polar surface area (TPSA) is 125 Å². The Kier molecular flexibility index (Phi) is 10.0. The number of anilines is 1. The largest absolute Gasteiger partial charge is 0.342 e. The maximum Gasteiger partial charge on any atom is 0.246 e. The van der Waals surface area contributed by atoms with Gasteiger partial charge in [0, 0.05) is 48.6 Å². The van der Waals surface area contributed by atoms with Gasteiger partial charge in [-0.25, -0.2) is 0 Å². The van der Waals surface area contributed by atoms with E-state index < -0.39 is 23.9 Å². The molecule has 0 radical (unpaired) electrons. The summed E-state index contributed by atoms with van der Waals surface area (Å²) in [6.45, 7) is 6.35. The number of halogens is 1. The predicted molar refractivity (Wildman–Crippen MR) is 159 cm³/mol. The summed E-state index contributed by atoms with van der Waals surface area (Å²) in [5, 5.41) is 6.26. The van der Waals surface area contributed by atoms with Crippen LogP contribution in [0.3, 0.4) is 0 Å². The molecule has 2 heterocycles. The van der Waals surface area contributed by atoms with E-state index in [-0.39, 0.29) is 56.3 Å². The number of carbonyl (C=O) groups excluding carboxylic acids is 4. The van der Waals surface area contributed by atoms with Gasteiger partial charge in [-0.05, 0) is 81.5 Å². The summed E-state index contributed by atoms with van der Waals surface area (Å²) in [6.07, 6.45) is 2.57. The number of nitrogens with zero attached hydrogens (tertiary/aromatic N) is 2. The molecular weight excluding hydrogens is 542 g/mol. The molecule has 220 valence electrons. The molecule has 1 saturated heterocycles. The molecule has 4 N–H and O–H groups in total. The molecular formula is C31H40ClN5O4. The zero-order chi connectivity index (χ0) is 29.7. The number of nitrogens with one attached hydrogen (secondary N) is 2. The fraction of sp³-hybridized carbons (Fsp3) is 0.484. The lowest BCUT2D eigenvalue weighted by molar-refractivity contribution is -0.144. The van der Waals surface area contributed by atoms with Gasteiger partial charge in [0.15, 0.2) is 0 Å². The van der Waals surface area contributed by atoms with Crippen LogP contribution in [0.4, 0.5) is 5.69 Å². The quantitative estimate of drug-likeness (QED) is 0.418. The van der Waals surface area contributed by atoms with Crippen LogP contribution in [0.15, 0.2) is 42.5 Å². The number of rotatable bonds is 9. The standard InChI is InChI=1S/C31H40ClN5O4/c1-19-16-24(10-11-25(19)32)34-30(40)26(14-15-33)35-31(41)27-17-22-6-4-5-7-23(22)18-36(27)28(38)12-13-29(39)37-20(2)8-9-21(37)3/h4-7,10-11,16,20-21,26-27H,8-9,12-15,17-18,33H2,1-3H3,(H,34,40)(H,35,41)/t20?,21?,26-,27-/m0/s1. The van der Waals surface area contributed by atoms with Crippen LogP contribution in [0, 0.1) is 6.92 Å². The average Bonchev–Trinajstić information content (AvgIpc) is 3.29. The van der Waals surface area contributed by atoms with E-state index in [0.717, 1.165) is 29.5 Å². The summed E-state index contributed by atoms with van der Waals surface area (Å²) in [5.74, 6) is -1.13. The molecule has 4 amide bonds. The third-order valence-corrected chi connectivity index (χ3v) is 8.60. The molecule has 2 unspecified atom stereocenters. The highest BCUT2D eigenvalue weighted by atomic mass is 35.5. The first-order valence-electron chi connectivity index (χ1n) is 14.3. The Balaban J connectivity index is 1.47. The lowest BCUT2D eigenvalue weighted by atomic mass is 9.92. The summed E-state index contributed by atoms with van der Waals surface area (Å²) in [7, 11) is 0. The van der Waals surface area contributed by atoms with E-state index in [1.54, 1.807) is 23.1 Å². The SMILES string of the molecule is Cc1cc(NC(=O)[C@H](CCN)NC(=O)[C@@H]2Cc3ccccc3CN2C(=O)CCC(=O)N2C(C)CCC2C)ccc1Cl. The van der Waals surface area contributed by atoms with E-state index in [9.17, 15) is 19.2 Å². The zero-order valence-electron chi connectivity index (χ0n) is 24.0. The van der Waals surface area contributed by atoms with E-state index in [4.69, 9.17) is 17.3 Å². The Morgan fingerprint density at radius 2 is 1.66 bits per heavy atom. The molecule has 2 aliphatic heterocycles. The predicted octanol–water partition coefficient (Wildman–Crippen LogP) is 3.55. The van der Waals surface area contributed by atoms with Crippen LogP contribution in [0.2, 0.25) is 5.02 Å². The molecule has 4 rings (SSSR count). The van der Waals surface area contributed by atoms with Crippen molar-refractivity contribution in [3.05, 3.63) is 64.2 Å². The second-order valence-corrected chi connectivity index (χ2v) is 11.6. The van der Waals surface area contributed by atoms with Gasteiger partial charge in [0.05, 0.1) is 0 Å². The van der Waals surface area contributed by atoms with Crippen LogP contribution in [0.25, 0.3) is 0 Å². The van der Waals surface area contributed by atoms with E-state index in [0.29, 0.717) is 17.1 Å². The lowest BCUT2D eigenvalue weighted by Gasteiger charge is -2.37. The summed E-state index contributed by atoms with van der Waals surface area (Å²) >= 11 is 6.11. The smallest absolute Gasteiger partial charge is 0.246 e. The van der Waals surface area contributed by atoms with Crippen LogP contribution in [0.1, 0.15) is 62.6 Å². The second kappa shape index (κ2) is 13.5. The number of aryl methyl sites for hydroxylation is 1. The molecule has 0 saturated carbocycles. The molecule has 4 atom stereocenters. The van der Waals surface area contributed by atoms with Gasteiger partial charge in [0.2, 0.25) is 23.6 Å². The van der Waals surface area contributed by atoms with Crippen LogP contribution in [-0.4, -0.2) is 64.1 Å². The number of benzene rings is 2. The number of hydrogen-bond acceptors (Lipinski definition) is 5. The molecule has 41 heavy (non-hydrogen) atoms. The molecule has 0 aromatic heterocycles. The molecule has 0 aliphatic carbocycles. The van der Waals surface area contributed by atoms with Crippen molar-refractivity contribution in [3.63, 3.8) is 0 Å². The molecule has 1 fully saturated rings. The highest BCUT2D eigenvalue weighted by Gasteiger charge is 2.37. The van der Waals surface area contributed by atoms with Crippen molar-refractivity contribution >= 4 is 40.9 Å². The number of carbonyl (C=O) groups is 4. The van der Waals surface area contributed by atoms with Crippen LogP contribution >= 0.6 is 11.6 Å². The monoisotopic (exact) mass is 581 g/mol. The van der Waals surface area contributed by atoms with Crippen molar-refractivity contribution in [2.45, 2.75) is 90.0 Å². The third kappa shape index (κ3) is 7.26. The third-order valence-electron chi connectivity index (χ3n) is 8.18.